The van der Waals surface area contributed by atoms with Crippen molar-refractivity contribution in [3.8, 4) is 0 Å². The van der Waals surface area contributed by atoms with Gasteiger partial charge in [-0.2, -0.15) is 8.42 Å². The highest BCUT2D eigenvalue weighted by Gasteiger charge is 2.31. The van der Waals surface area contributed by atoms with E-state index >= 15 is 0 Å². The van der Waals surface area contributed by atoms with Crippen LogP contribution in [0, 0.1) is 0 Å². The van der Waals surface area contributed by atoms with Gasteiger partial charge in [0.2, 0.25) is 0 Å². The molecule has 0 spiro atoms. The van der Waals surface area contributed by atoms with Crippen molar-refractivity contribution in [2.45, 2.75) is 39.8 Å². The molecule has 1 aliphatic rings. The first-order valence-electron chi connectivity index (χ1n) is 13.4. The average Bonchev–Trinajstić information content (AvgIpc) is 3.34. The molecule has 0 bridgehead atoms. The zero-order valence-electron chi connectivity index (χ0n) is 23.3. The second-order valence-electron chi connectivity index (χ2n) is 9.80. The van der Waals surface area contributed by atoms with Gasteiger partial charge >= 0.3 is 0 Å². The number of nitrogens with zero attached hydrogens (tertiary/aromatic N) is 4. The van der Waals surface area contributed by atoms with E-state index in [-0.39, 0.29) is 25.9 Å². The lowest BCUT2D eigenvalue weighted by Gasteiger charge is -2.24. The number of halogens is 4. The molecule has 1 N–H and O–H groups in total. The van der Waals surface area contributed by atoms with Crippen LogP contribution in [0.25, 0.3) is 17.1 Å². The first kappa shape index (κ1) is 33.9. The smallest absolute Gasteiger partial charge is 0.282 e. The summed E-state index contributed by atoms with van der Waals surface area (Å²) in [5.74, 6) is 0.534. The van der Waals surface area contributed by atoms with E-state index in [9.17, 15) is 25.9 Å². The molecular formula is C27H30Cl4N4O6S2. The summed E-state index contributed by atoms with van der Waals surface area (Å²) in [6.07, 6.45) is 5.81. The van der Waals surface area contributed by atoms with Gasteiger partial charge in [-0.1, -0.05) is 52.5 Å². The topological polar surface area (TPSA) is 127 Å². The average molecular weight is 713 g/mol. The highest BCUT2D eigenvalue weighted by atomic mass is 35.5. The van der Waals surface area contributed by atoms with Crippen molar-refractivity contribution in [3.63, 3.8) is 0 Å². The Hall–Kier alpha value is -2.03. The lowest BCUT2D eigenvalue weighted by molar-refractivity contribution is -0.673. The van der Waals surface area contributed by atoms with Crippen LogP contribution in [-0.2, 0) is 33.3 Å². The molecular weight excluding hydrogens is 682 g/mol. The minimum atomic E-state index is -4.39. The van der Waals surface area contributed by atoms with Gasteiger partial charge in [-0.25, -0.2) is 17.6 Å². The molecule has 234 valence electrons. The summed E-state index contributed by atoms with van der Waals surface area (Å²) in [4.78, 5) is 3.93. The standard InChI is InChI=1S/C27H30Cl4N4O6S2/c1-3-32-22-14-18(28)20(30)16-24(22)34(10-6-12-42(36,37)38)26(32)8-5-9-27-33(4-2)23-15-19(29)21(31)17-25(23)35(27)11-7-13-43(39,40)41/h5,8-9,14-17H,3-4,6-7,10-13H2,1-2H3,(H-,36,37,38,39,40,41). The van der Waals surface area contributed by atoms with Crippen molar-refractivity contribution in [1.29, 1.82) is 0 Å². The van der Waals surface area contributed by atoms with Gasteiger partial charge in [0.25, 0.3) is 15.9 Å². The van der Waals surface area contributed by atoms with Gasteiger partial charge in [-0.05, 0) is 44.9 Å². The molecule has 10 nitrogen and oxygen atoms in total. The van der Waals surface area contributed by atoms with Crippen LogP contribution >= 0.6 is 46.4 Å². The highest BCUT2D eigenvalue weighted by molar-refractivity contribution is 7.85. The molecule has 0 saturated heterocycles. The molecule has 0 saturated carbocycles. The van der Waals surface area contributed by atoms with Crippen LogP contribution in [0.2, 0.25) is 20.1 Å². The van der Waals surface area contributed by atoms with Gasteiger partial charge in [0, 0.05) is 37.1 Å². The zero-order chi connectivity index (χ0) is 31.7. The Morgan fingerprint density at radius 2 is 1.47 bits per heavy atom. The third-order valence-corrected chi connectivity index (χ3v) is 10.0. The van der Waals surface area contributed by atoms with Crippen LogP contribution in [0.3, 0.4) is 0 Å². The van der Waals surface area contributed by atoms with E-state index in [1.54, 1.807) is 24.3 Å². The van der Waals surface area contributed by atoms with Crippen molar-refractivity contribution in [3.05, 3.63) is 68.2 Å². The monoisotopic (exact) mass is 710 g/mol. The number of benzene rings is 2. The summed E-state index contributed by atoms with van der Waals surface area (Å²) in [5, 5.41) is 1.43. The van der Waals surface area contributed by atoms with E-state index in [1.807, 2.05) is 51.0 Å². The SMILES string of the molecule is CCN1/C(=C\C=C\c2n(CC)c3cc(Cl)c(Cl)cc3[n+]2CCCS(=O)(=O)[O-])N(CCCS(=O)(=O)O)c2cc(Cl)c(Cl)cc21. The van der Waals surface area contributed by atoms with Gasteiger partial charge in [0.05, 0.1) is 60.4 Å². The number of hydrogen-bond donors (Lipinski definition) is 1. The maximum atomic E-state index is 11.4. The van der Waals surface area contributed by atoms with Crippen molar-refractivity contribution < 1.29 is 30.5 Å². The van der Waals surface area contributed by atoms with Crippen LogP contribution in [0.15, 0.2) is 42.2 Å². The van der Waals surface area contributed by atoms with Crippen LogP contribution in [0.4, 0.5) is 11.4 Å². The molecule has 0 unspecified atom stereocenters. The van der Waals surface area contributed by atoms with E-state index in [0.29, 0.717) is 33.2 Å². The third-order valence-electron chi connectivity index (χ3n) is 6.99. The normalized spacial score (nSPS) is 15.0. The number of aromatic nitrogens is 2. The number of hydrogen-bond acceptors (Lipinski definition) is 7. The van der Waals surface area contributed by atoms with E-state index in [2.05, 4.69) is 0 Å². The van der Waals surface area contributed by atoms with E-state index in [1.165, 1.54) is 0 Å². The Morgan fingerprint density at radius 1 is 0.860 bits per heavy atom. The maximum Gasteiger partial charge on any atom is 0.282 e. The van der Waals surface area contributed by atoms with Crippen LogP contribution in [-0.4, -0.2) is 55.1 Å². The minimum Gasteiger partial charge on any atom is -0.748 e. The molecule has 16 heteroatoms. The molecule has 3 aromatic rings. The second-order valence-corrected chi connectivity index (χ2v) is 14.5. The summed E-state index contributed by atoms with van der Waals surface area (Å²) < 4.78 is 69.9. The van der Waals surface area contributed by atoms with Crippen LogP contribution < -0.4 is 14.4 Å². The molecule has 0 amide bonds. The molecule has 0 radical (unpaired) electrons. The lowest BCUT2D eigenvalue weighted by atomic mass is 10.2. The molecule has 1 aromatic heterocycles. The van der Waals surface area contributed by atoms with Crippen LogP contribution in [0.1, 0.15) is 32.5 Å². The van der Waals surface area contributed by atoms with Crippen molar-refractivity contribution in [2.75, 3.05) is 34.4 Å². The van der Waals surface area contributed by atoms with Crippen molar-refractivity contribution in [1.82, 2.24) is 4.57 Å². The zero-order valence-corrected chi connectivity index (χ0v) is 28.0. The summed E-state index contributed by atoms with van der Waals surface area (Å²) in [6.45, 7) is 5.56. The second kappa shape index (κ2) is 13.5. The molecule has 2 heterocycles. The molecule has 43 heavy (non-hydrogen) atoms. The Balaban J connectivity index is 1.80. The van der Waals surface area contributed by atoms with Gasteiger partial charge in [-0.3, -0.25) is 4.55 Å². The number of aryl methyl sites for hydroxylation is 2. The fourth-order valence-electron chi connectivity index (χ4n) is 5.22. The van der Waals surface area contributed by atoms with Crippen molar-refractivity contribution >= 4 is 95.1 Å². The lowest BCUT2D eigenvalue weighted by Crippen LogP contribution is -2.37. The third kappa shape index (κ3) is 7.80. The van der Waals surface area contributed by atoms with Crippen molar-refractivity contribution in [2.24, 2.45) is 0 Å². The molecule has 1 aliphatic heterocycles. The number of anilines is 2. The Kier molecular flexibility index (Phi) is 10.7. The van der Waals surface area contributed by atoms with E-state index in [0.717, 1.165) is 34.1 Å². The first-order chi connectivity index (χ1) is 20.1. The summed E-state index contributed by atoms with van der Waals surface area (Å²) in [7, 11) is -8.54. The van der Waals surface area contributed by atoms with Gasteiger partial charge in [0.15, 0.2) is 11.0 Å². The molecule has 2 aromatic carbocycles. The predicted molar refractivity (Wildman–Crippen MR) is 172 cm³/mol. The van der Waals surface area contributed by atoms with Gasteiger partial charge in [0.1, 0.15) is 5.82 Å². The Bertz CT molecular complexity index is 1820. The maximum absolute atomic E-state index is 11.4. The largest absolute Gasteiger partial charge is 0.748 e. The quantitative estimate of drug-likeness (QED) is 0.180. The first-order valence-corrected chi connectivity index (χ1v) is 18.1. The fraction of sp³-hybridized carbons (Fsp3) is 0.370. The molecule has 0 aliphatic carbocycles. The van der Waals surface area contributed by atoms with E-state index < -0.39 is 31.7 Å². The number of allylic oxidation sites excluding steroid dienone is 2. The number of imidazole rings is 1. The van der Waals surface area contributed by atoms with Crippen LogP contribution in [0.5, 0.6) is 0 Å². The van der Waals surface area contributed by atoms with E-state index in [4.69, 9.17) is 46.4 Å². The molecule has 0 fully saturated rings. The summed E-state index contributed by atoms with van der Waals surface area (Å²) >= 11 is 25.3. The number of fused-ring (bicyclic) bond motifs is 2. The summed E-state index contributed by atoms with van der Waals surface area (Å²) in [5.41, 5.74) is 3.05. The Labute approximate surface area is 271 Å². The number of rotatable bonds is 12. The predicted octanol–water partition coefficient (Wildman–Crippen LogP) is 5.98. The van der Waals surface area contributed by atoms with Gasteiger partial charge in [-0.15, -0.1) is 0 Å². The minimum absolute atomic E-state index is 0.101. The Morgan fingerprint density at radius 3 is 2.05 bits per heavy atom. The fourth-order valence-corrected chi connectivity index (χ4v) is 6.83. The molecule has 0 atom stereocenters. The highest BCUT2D eigenvalue weighted by Crippen LogP contribution is 2.45. The van der Waals surface area contributed by atoms with Gasteiger partial charge < -0.3 is 14.4 Å². The molecule has 4 rings (SSSR count). The summed E-state index contributed by atoms with van der Waals surface area (Å²) in [6, 6.07) is 6.93.